The first-order chi connectivity index (χ1) is 8.56. The zero-order chi connectivity index (χ0) is 13.1. The second-order valence-corrected chi connectivity index (χ2v) is 4.16. The quantitative estimate of drug-likeness (QED) is 0.818. The minimum atomic E-state index is -0.307. The summed E-state index contributed by atoms with van der Waals surface area (Å²) in [6.45, 7) is 1.75. The number of nitrogens with one attached hydrogen (secondary N) is 1. The van der Waals surface area contributed by atoms with Gasteiger partial charge in [-0.2, -0.15) is 0 Å². The lowest BCUT2D eigenvalue weighted by Crippen LogP contribution is -2.13. The number of hydrogen-bond donors (Lipinski definition) is 2. The first-order valence-electron chi connectivity index (χ1n) is 5.30. The van der Waals surface area contributed by atoms with Crippen LogP contribution in [0.5, 0.6) is 5.75 Å². The van der Waals surface area contributed by atoms with E-state index in [1.54, 1.807) is 31.2 Å². The van der Waals surface area contributed by atoms with Crippen LogP contribution in [-0.2, 0) is 0 Å². The molecule has 1 heterocycles. The van der Waals surface area contributed by atoms with Crippen molar-refractivity contribution < 1.29 is 9.90 Å². The van der Waals surface area contributed by atoms with Gasteiger partial charge in [-0.1, -0.05) is 17.7 Å². The molecule has 0 aliphatic heterocycles. The fourth-order valence-electron chi connectivity index (χ4n) is 1.50. The van der Waals surface area contributed by atoms with E-state index in [0.717, 1.165) is 0 Å². The molecular weight excluding hydrogens is 252 g/mol. The summed E-state index contributed by atoms with van der Waals surface area (Å²) in [5, 5.41) is 12.4. The highest BCUT2D eigenvalue weighted by molar-refractivity contribution is 6.29. The van der Waals surface area contributed by atoms with Crippen LogP contribution in [-0.4, -0.2) is 16.0 Å². The smallest absolute Gasteiger partial charge is 0.255 e. The van der Waals surface area contributed by atoms with Gasteiger partial charge in [-0.3, -0.25) is 4.79 Å². The van der Waals surface area contributed by atoms with Crippen LogP contribution < -0.4 is 5.32 Å². The van der Waals surface area contributed by atoms with Gasteiger partial charge in [-0.15, -0.1) is 0 Å². The Kier molecular flexibility index (Phi) is 3.48. The van der Waals surface area contributed by atoms with Gasteiger partial charge in [-0.05, 0) is 37.3 Å². The normalized spacial score (nSPS) is 10.1. The molecule has 0 unspecified atom stereocenters. The standard InChI is InChI=1S/C13H11ClN2O2/c1-8-11(5-6-12(14)15-8)16-13(18)9-3-2-4-10(17)7-9/h2-7,17H,1H3,(H,16,18). The van der Waals surface area contributed by atoms with E-state index in [1.165, 1.54) is 12.1 Å². The van der Waals surface area contributed by atoms with E-state index in [-0.39, 0.29) is 11.7 Å². The van der Waals surface area contributed by atoms with Gasteiger partial charge in [0.15, 0.2) is 0 Å². The van der Waals surface area contributed by atoms with Crippen LogP contribution >= 0.6 is 11.6 Å². The number of anilines is 1. The Labute approximate surface area is 109 Å². The van der Waals surface area contributed by atoms with Gasteiger partial charge in [0.05, 0.1) is 11.4 Å². The topological polar surface area (TPSA) is 62.2 Å². The molecule has 92 valence electrons. The second-order valence-electron chi connectivity index (χ2n) is 3.77. The van der Waals surface area contributed by atoms with Crippen molar-refractivity contribution in [2.24, 2.45) is 0 Å². The van der Waals surface area contributed by atoms with Gasteiger partial charge in [0, 0.05) is 5.56 Å². The molecule has 0 fully saturated rings. The van der Waals surface area contributed by atoms with E-state index in [9.17, 15) is 9.90 Å². The fourth-order valence-corrected chi connectivity index (χ4v) is 1.69. The molecule has 2 N–H and O–H groups in total. The molecular formula is C13H11ClN2O2. The Hall–Kier alpha value is -2.07. The van der Waals surface area contributed by atoms with Crippen LogP contribution in [0.1, 0.15) is 16.1 Å². The van der Waals surface area contributed by atoms with Gasteiger partial charge in [-0.25, -0.2) is 4.98 Å². The molecule has 4 nitrogen and oxygen atoms in total. The lowest BCUT2D eigenvalue weighted by Gasteiger charge is -2.08. The molecule has 1 aromatic carbocycles. The molecule has 0 bridgehead atoms. The summed E-state index contributed by atoms with van der Waals surface area (Å²) >= 11 is 5.73. The van der Waals surface area contributed by atoms with Crippen molar-refractivity contribution in [3.63, 3.8) is 0 Å². The third-order valence-corrected chi connectivity index (χ3v) is 2.62. The molecule has 2 rings (SSSR count). The summed E-state index contributed by atoms with van der Waals surface area (Å²) in [6.07, 6.45) is 0. The van der Waals surface area contributed by atoms with E-state index < -0.39 is 0 Å². The van der Waals surface area contributed by atoms with Crippen LogP contribution in [0.4, 0.5) is 5.69 Å². The first kappa shape index (κ1) is 12.4. The molecule has 0 saturated heterocycles. The summed E-state index contributed by atoms with van der Waals surface area (Å²) in [6, 6.07) is 9.42. The number of hydrogen-bond acceptors (Lipinski definition) is 3. The van der Waals surface area contributed by atoms with Crippen molar-refractivity contribution in [1.29, 1.82) is 0 Å². The third-order valence-electron chi connectivity index (χ3n) is 2.41. The molecule has 2 aromatic rings. The van der Waals surface area contributed by atoms with Crippen LogP contribution in [0.25, 0.3) is 0 Å². The molecule has 1 amide bonds. The van der Waals surface area contributed by atoms with Gasteiger partial charge in [0.1, 0.15) is 10.9 Å². The van der Waals surface area contributed by atoms with Crippen molar-refractivity contribution in [3.8, 4) is 5.75 Å². The van der Waals surface area contributed by atoms with Crippen LogP contribution in [0.2, 0.25) is 5.15 Å². The molecule has 0 atom stereocenters. The number of aromatic nitrogens is 1. The maximum Gasteiger partial charge on any atom is 0.255 e. The van der Waals surface area contributed by atoms with E-state index in [2.05, 4.69) is 10.3 Å². The van der Waals surface area contributed by atoms with Crippen molar-refractivity contribution in [2.75, 3.05) is 5.32 Å². The molecule has 5 heteroatoms. The number of rotatable bonds is 2. The highest BCUT2D eigenvalue weighted by atomic mass is 35.5. The average Bonchev–Trinajstić information content (AvgIpc) is 2.32. The van der Waals surface area contributed by atoms with Crippen molar-refractivity contribution in [1.82, 2.24) is 4.98 Å². The Morgan fingerprint density at radius 2 is 2.11 bits per heavy atom. The number of carbonyl (C=O) groups is 1. The lowest BCUT2D eigenvalue weighted by atomic mass is 10.2. The largest absolute Gasteiger partial charge is 0.508 e. The number of benzene rings is 1. The third kappa shape index (κ3) is 2.78. The summed E-state index contributed by atoms with van der Waals surface area (Å²) < 4.78 is 0. The van der Waals surface area contributed by atoms with E-state index in [0.29, 0.717) is 22.1 Å². The summed E-state index contributed by atoms with van der Waals surface area (Å²) in [5.41, 5.74) is 1.60. The Morgan fingerprint density at radius 1 is 1.33 bits per heavy atom. The van der Waals surface area contributed by atoms with Gasteiger partial charge < -0.3 is 10.4 Å². The number of aryl methyl sites for hydroxylation is 1. The minimum Gasteiger partial charge on any atom is -0.508 e. The Balaban J connectivity index is 2.21. The number of halogens is 1. The maximum absolute atomic E-state index is 11.9. The molecule has 1 aromatic heterocycles. The van der Waals surface area contributed by atoms with E-state index >= 15 is 0 Å². The highest BCUT2D eigenvalue weighted by Gasteiger charge is 2.09. The predicted octanol–water partition coefficient (Wildman–Crippen LogP) is 3.00. The van der Waals surface area contributed by atoms with E-state index in [4.69, 9.17) is 11.6 Å². The lowest BCUT2D eigenvalue weighted by molar-refractivity contribution is 0.102. The van der Waals surface area contributed by atoms with Crippen LogP contribution in [0, 0.1) is 6.92 Å². The first-order valence-corrected chi connectivity index (χ1v) is 5.67. The number of pyridine rings is 1. The fraction of sp³-hybridized carbons (Fsp3) is 0.0769. The number of aromatic hydroxyl groups is 1. The molecule has 0 saturated carbocycles. The van der Waals surface area contributed by atoms with Crippen LogP contribution in [0.3, 0.4) is 0 Å². The number of phenols is 1. The Morgan fingerprint density at radius 3 is 2.78 bits per heavy atom. The predicted molar refractivity (Wildman–Crippen MR) is 70.0 cm³/mol. The molecule has 0 radical (unpaired) electrons. The minimum absolute atomic E-state index is 0.0496. The highest BCUT2D eigenvalue weighted by Crippen LogP contribution is 2.18. The molecule has 0 aliphatic rings. The van der Waals surface area contributed by atoms with Gasteiger partial charge in [0.2, 0.25) is 0 Å². The Bertz CT molecular complexity index is 599. The maximum atomic E-state index is 11.9. The second kappa shape index (κ2) is 5.06. The summed E-state index contributed by atoms with van der Waals surface area (Å²) in [5.74, 6) is -0.258. The van der Waals surface area contributed by atoms with Crippen molar-refractivity contribution >= 4 is 23.2 Å². The number of amides is 1. The average molecular weight is 263 g/mol. The SMILES string of the molecule is Cc1nc(Cl)ccc1NC(=O)c1cccc(O)c1. The molecule has 0 aliphatic carbocycles. The monoisotopic (exact) mass is 262 g/mol. The molecule has 0 spiro atoms. The van der Waals surface area contributed by atoms with Gasteiger partial charge >= 0.3 is 0 Å². The zero-order valence-corrected chi connectivity index (χ0v) is 10.4. The summed E-state index contributed by atoms with van der Waals surface area (Å²) in [4.78, 5) is 16.0. The van der Waals surface area contributed by atoms with E-state index in [1.807, 2.05) is 0 Å². The molecule has 18 heavy (non-hydrogen) atoms. The number of phenolic OH excluding ortho intramolecular Hbond substituents is 1. The van der Waals surface area contributed by atoms with Crippen LogP contribution in [0.15, 0.2) is 36.4 Å². The number of carbonyl (C=O) groups excluding carboxylic acids is 1. The summed E-state index contributed by atoms with van der Waals surface area (Å²) in [7, 11) is 0. The van der Waals surface area contributed by atoms with Crippen molar-refractivity contribution in [2.45, 2.75) is 6.92 Å². The van der Waals surface area contributed by atoms with Gasteiger partial charge in [0.25, 0.3) is 5.91 Å². The number of nitrogens with zero attached hydrogens (tertiary/aromatic N) is 1. The van der Waals surface area contributed by atoms with Crippen molar-refractivity contribution in [3.05, 3.63) is 52.8 Å². The zero-order valence-electron chi connectivity index (χ0n) is 9.64.